The zero-order valence-electron chi connectivity index (χ0n) is 9.48. The van der Waals surface area contributed by atoms with E-state index >= 15 is 0 Å². The summed E-state index contributed by atoms with van der Waals surface area (Å²) in [6.45, 7) is 11.1. The van der Waals surface area contributed by atoms with E-state index in [2.05, 4.69) is 34.6 Å². The van der Waals surface area contributed by atoms with Gasteiger partial charge in [0, 0.05) is 0 Å². The largest absolute Gasteiger partial charge is 0.466 e. The Morgan fingerprint density at radius 3 is 1.57 bits per heavy atom. The molecule has 0 radical (unpaired) electrons. The molecule has 14 heavy (non-hydrogen) atoms. The molecule has 5 heteroatoms. The molecule has 0 aromatic carbocycles. The van der Waals surface area contributed by atoms with Crippen molar-refractivity contribution in [2.24, 2.45) is 5.92 Å². The molecule has 0 heterocycles. The van der Waals surface area contributed by atoms with E-state index in [0.717, 1.165) is 5.92 Å². The molecule has 0 aliphatic heterocycles. The quantitative estimate of drug-likeness (QED) is 0.497. The maximum Gasteiger partial charge on any atom is 0.466 e. The van der Waals surface area contributed by atoms with Crippen LogP contribution in [0.1, 0.15) is 41.0 Å². The van der Waals surface area contributed by atoms with Crippen LogP contribution in [0.15, 0.2) is 11.1 Å². The molecule has 1 atom stereocenters. The van der Waals surface area contributed by atoms with E-state index in [4.69, 9.17) is 19.2 Å². The van der Waals surface area contributed by atoms with E-state index in [1.165, 1.54) is 12.0 Å². The van der Waals surface area contributed by atoms with E-state index in [-0.39, 0.29) is 0 Å². The summed E-state index contributed by atoms with van der Waals surface area (Å²) < 4.78 is 8.88. The maximum absolute atomic E-state index is 8.88. The predicted molar refractivity (Wildman–Crippen MR) is 57.8 cm³/mol. The molecule has 86 valence electrons. The molecule has 0 rings (SSSR count). The van der Waals surface area contributed by atoms with Gasteiger partial charge in [0.25, 0.3) is 0 Å². The summed E-state index contributed by atoms with van der Waals surface area (Å²) in [6, 6.07) is 0. The topological polar surface area (TPSA) is 77.8 Å². The molecule has 0 saturated carbocycles. The third kappa shape index (κ3) is 14.4. The van der Waals surface area contributed by atoms with Gasteiger partial charge in [0.15, 0.2) is 0 Å². The lowest BCUT2D eigenvalue weighted by Crippen LogP contribution is -1.94. The number of allylic oxidation sites excluding steroid dienone is 2. The van der Waals surface area contributed by atoms with Crippen LogP contribution in [0.25, 0.3) is 0 Å². The van der Waals surface area contributed by atoms with E-state index in [1.54, 1.807) is 5.57 Å². The van der Waals surface area contributed by atoms with Gasteiger partial charge in [-0.1, -0.05) is 25.0 Å². The van der Waals surface area contributed by atoms with E-state index in [1.807, 2.05) is 0 Å². The molecule has 0 saturated heterocycles. The molecule has 4 nitrogen and oxygen atoms in total. The summed E-state index contributed by atoms with van der Waals surface area (Å²) in [5.74, 6) is 0.773. The highest BCUT2D eigenvalue weighted by atomic mass is 31.2. The van der Waals surface area contributed by atoms with Gasteiger partial charge in [-0.25, -0.2) is 4.57 Å². The highest BCUT2D eigenvalue weighted by Gasteiger charge is 2.00. The van der Waals surface area contributed by atoms with Gasteiger partial charge in [0.2, 0.25) is 0 Å². The van der Waals surface area contributed by atoms with Crippen LogP contribution in [-0.4, -0.2) is 14.7 Å². The Labute approximate surface area is 85.9 Å². The second-order valence-electron chi connectivity index (χ2n) is 3.51. The van der Waals surface area contributed by atoms with Crippen LogP contribution in [0.5, 0.6) is 0 Å². The van der Waals surface area contributed by atoms with Crippen molar-refractivity contribution in [1.82, 2.24) is 0 Å². The summed E-state index contributed by atoms with van der Waals surface area (Å²) in [4.78, 5) is 21.6. The van der Waals surface area contributed by atoms with Crippen molar-refractivity contribution in [3.8, 4) is 0 Å². The van der Waals surface area contributed by atoms with Gasteiger partial charge in [-0.3, -0.25) is 0 Å². The third-order valence-electron chi connectivity index (χ3n) is 2.14. The first-order chi connectivity index (χ1) is 6.09. The lowest BCUT2D eigenvalue weighted by molar-refractivity contribution is 0.275. The normalized spacial score (nSPS) is 12.6. The highest BCUT2D eigenvalue weighted by molar-refractivity contribution is 7.45. The number of phosphoric acid groups is 1. The van der Waals surface area contributed by atoms with Gasteiger partial charge < -0.3 is 14.7 Å². The molecule has 0 amide bonds. The standard InChI is InChI=1S/C9H18.H3O4P/c1-6-8(4)9(5)7(2)3;1-5(2,3)4/h8H,6H2,1-5H3;(H3,1,2,3,4). The fourth-order valence-corrected chi connectivity index (χ4v) is 0.799. The van der Waals surface area contributed by atoms with Gasteiger partial charge in [-0.05, 0) is 33.1 Å². The predicted octanol–water partition coefficient (Wildman–Crippen LogP) is 2.46. The number of hydrogen-bond acceptors (Lipinski definition) is 1. The average Bonchev–Trinajstić information content (AvgIpc) is 1.98. The van der Waals surface area contributed by atoms with Gasteiger partial charge in [-0.2, -0.15) is 0 Å². The monoisotopic (exact) mass is 224 g/mol. The van der Waals surface area contributed by atoms with E-state index in [0.29, 0.717) is 0 Å². The van der Waals surface area contributed by atoms with Crippen molar-refractivity contribution >= 4 is 7.82 Å². The third-order valence-corrected chi connectivity index (χ3v) is 2.14. The molecule has 0 bridgehead atoms. The maximum atomic E-state index is 8.88. The fourth-order valence-electron chi connectivity index (χ4n) is 0.799. The first kappa shape index (κ1) is 16.3. The molecular formula is C9H21O4P. The van der Waals surface area contributed by atoms with Crippen molar-refractivity contribution < 1.29 is 19.2 Å². The molecule has 3 N–H and O–H groups in total. The van der Waals surface area contributed by atoms with Crippen molar-refractivity contribution in [3.05, 3.63) is 11.1 Å². The van der Waals surface area contributed by atoms with Crippen LogP contribution in [0.3, 0.4) is 0 Å². The Morgan fingerprint density at radius 1 is 1.21 bits per heavy atom. The van der Waals surface area contributed by atoms with Crippen LogP contribution >= 0.6 is 7.82 Å². The summed E-state index contributed by atoms with van der Waals surface area (Å²) in [5.41, 5.74) is 3.03. The molecule has 0 aromatic rings. The summed E-state index contributed by atoms with van der Waals surface area (Å²) >= 11 is 0. The SMILES string of the molecule is CCC(C)C(C)=C(C)C.O=P(O)(O)O. The Hall–Kier alpha value is -0.150. The number of rotatable bonds is 2. The van der Waals surface area contributed by atoms with Crippen LogP contribution in [0.4, 0.5) is 0 Å². The minimum atomic E-state index is -4.64. The van der Waals surface area contributed by atoms with Gasteiger partial charge in [0.05, 0.1) is 0 Å². The first-order valence-electron chi connectivity index (χ1n) is 4.51. The molecule has 0 aliphatic carbocycles. The molecule has 0 fully saturated rings. The molecule has 0 aliphatic rings. The Morgan fingerprint density at radius 2 is 1.50 bits per heavy atom. The molecule has 1 unspecified atom stereocenters. The van der Waals surface area contributed by atoms with Gasteiger partial charge in [-0.15, -0.1) is 0 Å². The van der Waals surface area contributed by atoms with Gasteiger partial charge in [0.1, 0.15) is 0 Å². The van der Waals surface area contributed by atoms with Crippen molar-refractivity contribution in [3.63, 3.8) is 0 Å². The minimum Gasteiger partial charge on any atom is -0.303 e. The number of hydrogen-bond donors (Lipinski definition) is 3. The van der Waals surface area contributed by atoms with Crippen LogP contribution in [0, 0.1) is 5.92 Å². The lowest BCUT2D eigenvalue weighted by Gasteiger charge is -2.10. The van der Waals surface area contributed by atoms with Gasteiger partial charge >= 0.3 is 7.82 Å². The fraction of sp³-hybridized carbons (Fsp3) is 0.778. The highest BCUT2D eigenvalue weighted by Crippen LogP contribution is 2.25. The van der Waals surface area contributed by atoms with Crippen molar-refractivity contribution in [1.29, 1.82) is 0 Å². The van der Waals surface area contributed by atoms with Crippen LogP contribution in [-0.2, 0) is 4.57 Å². The molecular weight excluding hydrogens is 203 g/mol. The van der Waals surface area contributed by atoms with Crippen LogP contribution in [0.2, 0.25) is 0 Å². The Balaban J connectivity index is 0. The van der Waals surface area contributed by atoms with Crippen molar-refractivity contribution in [2.45, 2.75) is 41.0 Å². The average molecular weight is 224 g/mol. The van der Waals surface area contributed by atoms with E-state index in [9.17, 15) is 0 Å². The molecule has 0 spiro atoms. The smallest absolute Gasteiger partial charge is 0.303 e. The second-order valence-corrected chi connectivity index (χ2v) is 4.53. The Kier molecular flexibility index (Phi) is 8.36. The minimum absolute atomic E-state index is 0.773. The van der Waals surface area contributed by atoms with E-state index < -0.39 is 7.82 Å². The zero-order valence-corrected chi connectivity index (χ0v) is 10.4. The lowest BCUT2D eigenvalue weighted by atomic mass is 9.97. The van der Waals surface area contributed by atoms with Crippen LogP contribution < -0.4 is 0 Å². The summed E-state index contributed by atoms with van der Waals surface area (Å²) in [7, 11) is -4.64. The summed E-state index contributed by atoms with van der Waals surface area (Å²) in [5, 5.41) is 0. The zero-order chi connectivity index (χ0) is 11.9. The van der Waals surface area contributed by atoms with Crippen molar-refractivity contribution in [2.75, 3.05) is 0 Å². The molecule has 0 aromatic heterocycles. The Bertz CT molecular complexity index is 217. The second kappa shape index (κ2) is 7.18. The summed E-state index contributed by atoms with van der Waals surface area (Å²) in [6.07, 6.45) is 1.26. The first-order valence-corrected chi connectivity index (χ1v) is 6.08.